The molecule has 1 unspecified atom stereocenters. The van der Waals surface area contributed by atoms with E-state index < -0.39 is 5.97 Å². The number of carbonyl (C=O) groups is 2. The second-order valence-electron chi connectivity index (χ2n) is 5.16. The van der Waals surface area contributed by atoms with Crippen molar-refractivity contribution in [1.82, 2.24) is 4.90 Å². The highest BCUT2D eigenvalue weighted by atomic mass is 16.4. The normalized spacial score (nSPS) is 17.0. The zero-order valence-corrected chi connectivity index (χ0v) is 11.0. The summed E-state index contributed by atoms with van der Waals surface area (Å²) in [6.45, 7) is 2.46. The molecule has 1 atom stereocenters. The Morgan fingerprint density at radius 3 is 2.44 bits per heavy atom. The smallest absolute Gasteiger partial charge is 0.303 e. The molecular formula is C13H23NO4. The topological polar surface area (TPSA) is 77.8 Å². The van der Waals surface area contributed by atoms with Crippen molar-refractivity contribution in [2.75, 3.05) is 13.2 Å². The van der Waals surface area contributed by atoms with Gasteiger partial charge in [0.1, 0.15) is 0 Å². The van der Waals surface area contributed by atoms with Gasteiger partial charge in [-0.15, -0.1) is 0 Å². The average molecular weight is 257 g/mol. The molecule has 1 aliphatic rings. The predicted octanol–water partition coefficient (Wildman–Crippen LogP) is 1.25. The number of aliphatic carboxylic acids is 1. The number of carbonyl (C=O) groups excluding carboxylic acids is 1. The van der Waals surface area contributed by atoms with Crippen LogP contribution >= 0.6 is 0 Å². The van der Waals surface area contributed by atoms with Crippen LogP contribution < -0.4 is 0 Å². The highest BCUT2D eigenvalue weighted by Crippen LogP contribution is 2.26. The molecule has 0 aliphatic heterocycles. The number of carboxylic acids is 1. The molecule has 1 fully saturated rings. The Balaban J connectivity index is 2.44. The lowest BCUT2D eigenvalue weighted by Crippen LogP contribution is -2.45. The molecular weight excluding hydrogens is 234 g/mol. The lowest BCUT2D eigenvalue weighted by molar-refractivity contribution is -0.139. The van der Waals surface area contributed by atoms with E-state index in [1.54, 1.807) is 6.92 Å². The van der Waals surface area contributed by atoms with Crippen molar-refractivity contribution in [3.8, 4) is 0 Å². The average Bonchev–Trinajstić information content (AvgIpc) is 2.19. The summed E-state index contributed by atoms with van der Waals surface area (Å²) in [6.07, 6.45) is 4.13. The zero-order valence-electron chi connectivity index (χ0n) is 11.0. The first-order chi connectivity index (χ1) is 8.54. The first-order valence-electron chi connectivity index (χ1n) is 6.66. The van der Waals surface area contributed by atoms with Gasteiger partial charge in [-0.1, -0.05) is 6.92 Å². The zero-order chi connectivity index (χ0) is 13.5. The lowest BCUT2D eigenvalue weighted by atomic mass is 9.90. The van der Waals surface area contributed by atoms with Crippen LogP contribution in [0.1, 0.15) is 45.4 Å². The fourth-order valence-electron chi connectivity index (χ4n) is 2.24. The Kier molecular flexibility index (Phi) is 6.12. The largest absolute Gasteiger partial charge is 0.481 e. The van der Waals surface area contributed by atoms with Crippen LogP contribution in [0.5, 0.6) is 0 Å². The summed E-state index contributed by atoms with van der Waals surface area (Å²) in [6, 6.07) is 0.307. The van der Waals surface area contributed by atoms with Gasteiger partial charge in [0.05, 0.1) is 0 Å². The lowest BCUT2D eigenvalue weighted by Gasteiger charge is -2.38. The monoisotopic (exact) mass is 257 g/mol. The molecule has 5 nitrogen and oxygen atoms in total. The van der Waals surface area contributed by atoms with E-state index in [1.165, 1.54) is 0 Å². The highest BCUT2D eigenvalue weighted by Gasteiger charge is 2.29. The Morgan fingerprint density at radius 2 is 2.00 bits per heavy atom. The third-order valence-corrected chi connectivity index (χ3v) is 3.44. The molecule has 0 aromatic carbocycles. The number of nitrogens with zero attached hydrogens (tertiary/aromatic N) is 1. The summed E-state index contributed by atoms with van der Waals surface area (Å²) in [5.41, 5.74) is 0. The van der Waals surface area contributed by atoms with Gasteiger partial charge in [-0.05, 0) is 31.6 Å². The van der Waals surface area contributed by atoms with Crippen LogP contribution in [-0.2, 0) is 9.59 Å². The number of amides is 1. The molecule has 5 heteroatoms. The molecule has 0 spiro atoms. The maximum Gasteiger partial charge on any atom is 0.303 e. The third-order valence-electron chi connectivity index (χ3n) is 3.44. The van der Waals surface area contributed by atoms with E-state index in [-0.39, 0.29) is 31.3 Å². The van der Waals surface area contributed by atoms with Crippen LogP contribution in [-0.4, -0.2) is 46.2 Å². The Hall–Kier alpha value is -1.10. The van der Waals surface area contributed by atoms with Crippen LogP contribution in [0.4, 0.5) is 0 Å². The summed E-state index contributed by atoms with van der Waals surface area (Å²) in [7, 11) is 0. The molecule has 18 heavy (non-hydrogen) atoms. The van der Waals surface area contributed by atoms with Crippen LogP contribution in [0.3, 0.4) is 0 Å². The molecule has 1 rings (SSSR count). The maximum absolute atomic E-state index is 12.1. The molecule has 2 N–H and O–H groups in total. The maximum atomic E-state index is 12.1. The third kappa shape index (κ3) is 4.64. The van der Waals surface area contributed by atoms with Crippen LogP contribution in [0, 0.1) is 5.92 Å². The van der Waals surface area contributed by atoms with Gasteiger partial charge in [-0.2, -0.15) is 0 Å². The van der Waals surface area contributed by atoms with Crippen LogP contribution in [0.15, 0.2) is 0 Å². The van der Waals surface area contributed by atoms with Gasteiger partial charge in [0.25, 0.3) is 0 Å². The highest BCUT2D eigenvalue weighted by molar-refractivity contribution is 5.77. The van der Waals surface area contributed by atoms with Gasteiger partial charge in [0.15, 0.2) is 0 Å². The summed E-state index contributed by atoms with van der Waals surface area (Å²) in [5.74, 6) is -0.963. The fraction of sp³-hybridized carbons (Fsp3) is 0.846. The standard InChI is InChI=1S/C13H23NO4/c1-10(9-13(17)18)8-12(16)14(6-3-7-15)11-4-2-5-11/h10-11,15H,2-9H2,1H3,(H,17,18). The first-order valence-corrected chi connectivity index (χ1v) is 6.66. The molecule has 0 bridgehead atoms. The minimum atomic E-state index is -0.860. The van der Waals surface area contributed by atoms with Crippen LogP contribution in [0.25, 0.3) is 0 Å². The van der Waals surface area contributed by atoms with Gasteiger partial charge in [-0.25, -0.2) is 0 Å². The molecule has 1 amide bonds. The Bertz CT molecular complexity index is 289. The number of hydrogen-bond donors (Lipinski definition) is 2. The van der Waals surface area contributed by atoms with E-state index >= 15 is 0 Å². The van der Waals surface area contributed by atoms with Gasteiger partial charge < -0.3 is 15.1 Å². The molecule has 1 saturated carbocycles. The second-order valence-corrected chi connectivity index (χ2v) is 5.16. The molecule has 0 saturated heterocycles. The molecule has 0 heterocycles. The van der Waals surface area contributed by atoms with Gasteiger partial charge in [-0.3, -0.25) is 9.59 Å². The van der Waals surface area contributed by atoms with Crippen molar-refractivity contribution in [3.05, 3.63) is 0 Å². The number of aliphatic hydroxyl groups is 1. The minimum Gasteiger partial charge on any atom is -0.481 e. The van der Waals surface area contributed by atoms with Crippen molar-refractivity contribution >= 4 is 11.9 Å². The number of rotatable bonds is 8. The summed E-state index contributed by atoms with van der Waals surface area (Å²) in [5, 5.41) is 17.5. The van der Waals surface area contributed by atoms with Crippen molar-refractivity contribution in [1.29, 1.82) is 0 Å². The van der Waals surface area contributed by atoms with Gasteiger partial charge in [0, 0.05) is 32.0 Å². The molecule has 1 aliphatic carbocycles. The predicted molar refractivity (Wildman–Crippen MR) is 67.1 cm³/mol. The SMILES string of the molecule is CC(CC(=O)O)CC(=O)N(CCCO)C1CCC1. The molecule has 0 radical (unpaired) electrons. The molecule has 0 aromatic heterocycles. The Labute approximate surface area is 108 Å². The summed E-state index contributed by atoms with van der Waals surface area (Å²) >= 11 is 0. The molecule has 0 aromatic rings. The van der Waals surface area contributed by atoms with E-state index in [4.69, 9.17) is 10.2 Å². The minimum absolute atomic E-state index is 0.0295. The van der Waals surface area contributed by atoms with E-state index in [2.05, 4.69) is 0 Å². The van der Waals surface area contributed by atoms with Crippen molar-refractivity contribution in [3.63, 3.8) is 0 Å². The number of aliphatic hydroxyl groups excluding tert-OH is 1. The van der Waals surface area contributed by atoms with Crippen molar-refractivity contribution < 1.29 is 19.8 Å². The number of hydrogen-bond acceptors (Lipinski definition) is 3. The van der Waals surface area contributed by atoms with Crippen molar-refractivity contribution in [2.45, 2.75) is 51.5 Å². The van der Waals surface area contributed by atoms with Gasteiger partial charge >= 0.3 is 5.97 Å². The van der Waals surface area contributed by atoms with Gasteiger partial charge in [0.2, 0.25) is 5.91 Å². The summed E-state index contributed by atoms with van der Waals surface area (Å²) in [4.78, 5) is 24.5. The van der Waals surface area contributed by atoms with E-state index in [0.717, 1.165) is 19.3 Å². The van der Waals surface area contributed by atoms with E-state index in [0.29, 0.717) is 19.0 Å². The number of carboxylic acid groups (broad SMARTS) is 1. The molecule has 104 valence electrons. The first kappa shape index (κ1) is 15.0. The van der Waals surface area contributed by atoms with Crippen molar-refractivity contribution in [2.24, 2.45) is 5.92 Å². The summed E-state index contributed by atoms with van der Waals surface area (Å²) < 4.78 is 0. The Morgan fingerprint density at radius 1 is 1.33 bits per heavy atom. The quantitative estimate of drug-likeness (QED) is 0.686. The van der Waals surface area contributed by atoms with Crippen LogP contribution in [0.2, 0.25) is 0 Å². The van der Waals surface area contributed by atoms with E-state index in [9.17, 15) is 9.59 Å². The van der Waals surface area contributed by atoms with E-state index in [1.807, 2.05) is 4.90 Å². The second kappa shape index (κ2) is 7.36. The fourth-order valence-corrected chi connectivity index (χ4v) is 2.24.